The molecule has 3 fully saturated rings. The Balaban J connectivity index is 1.40. The van der Waals surface area contributed by atoms with E-state index >= 15 is 0 Å². The van der Waals surface area contributed by atoms with Crippen molar-refractivity contribution in [1.29, 1.82) is 0 Å². The lowest BCUT2D eigenvalue weighted by molar-refractivity contribution is 0.264. The number of hydrogen-bond donors (Lipinski definition) is 2. The molecule has 1 atom stereocenters. The topological polar surface area (TPSA) is 127 Å². The fourth-order valence-corrected chi connectivity index (χ4v) is 6.52. The Morgan fingerprint density at radius 2 is 1.95 bits per heavy atom. The number of hydrogen-bond acceptors (Lipinski definition) is 8. The average Bonchev–Trinajstić information content (AvgIpc) is 3.46. The molecule has 0 saturated heterocycles. The van der Waals surface area contributed by atoms with Crippen LogP contribution in [-0.4, -0.2) is 40.7 Å². The van der Waals surface area contributed by atoms with Crippen molar-refractivity contribution < 1.29 is 4.52 Å². The highest BCUT2D eigenvalue weighted by atomic mass is 16.5. The first-order valence-corrected chi connectivity index (χ1v) is 14.5. The molecule has 3 aliphatic rings. The lowest BCUT2D eigenvalue weighted by atomic mass is 9.80. The van der Waals surface area contributed by atoms with E-state index in [1.165, 1.54) is 44.9 Å². The van der Waals surface area contributed by atoms with Crippen molar-refractivity contribution in [1.82, 2.24) is 34.6 Å². The van der Waals surface area contributed by atoms with E-state index in [0.29, 0.717) is 23.3 Å². The number of anilines is 1. The molecule has 10 nitrogen and oxygen atoms in total. The SMILES string of the molecule is C[C@@H](Nc1nc(-c2noc(=O)[nH]2)nc2nc(C3(c4ccccn4)CC3)n(C[C@H]3CC[C@H](C)CC3)c12)C1CCC1. The van der Waals surface area contributed by atoms with Crippen molar-refractivity contribution in [3.8, 4) is 11.6 Å². The second kappa shape index (κ2) is 9.57. The summed E-state index contributed by atoms with van der Waals surface area (Å²) in [4.78, 5) is 34.1. The summed E-state index contributed by atoms with van der Waals surface area (Å²) < 4.78 is 7.19. The lowest BCUT2D eigenvalue weighted by Gasteiger charge is -2.32. The molecule has 0 amide bonds. The van der Waals surface area contributed by atoms with Crippen molar-refractivity contribution >= 4 is 17.0 Å². The molecule has 0 bridgehead atoms. The van der Waals surface area contributed by atoms with Crippen LogP contribution in [0.15, 0.2) is 33.7 Å². The standard InChI is InChI=1S/C29H36N8O2/c1-17-9-11-19(12-10-17)16-37-22-23(31-18(2)20-6-5-7-20)32-25(26-35-28(38)39-36-26)33-24(22)34-27(37)29(13-14-29)21-8-3-4-15-30-21/h3-4,8,15,17-20H,5-7,9-14,16H2,1-2H3,(H,31,32,33)(H,35,36,38)/t17-,18-,19-/m1/s1. The van der Waals surface area contributed by atoms with Gasteiger partial charge in [0.25, 0.3) is 0 Å². The number of H-pyrrole nitrogens is 1. The molecule has 3 aliphatic carbocycles. The van der Waals surface area contributed by atoms with Crippen LogP contribution in [0, 0.1) is 17.8 Å². The fourth-order valence-electron chi connectivity index (χ4n) is 6.52. The molecular formula is C29H36N8O2. The summed E-state index contributed by atoms with van der Waals surface area (Å²) >= 11 is 0. The van der Waals surface area contributed by atoms with E-state index in [9.17, 15) is 4.79 Å². The zero-order chi connectivity index (χ0) is 26.6. The predicted molar refractivity (Wildman–Crippen MR) is 147 cm³/mol. The van der Waals surface area contributed by atoms with Crippen LogP contribution in [0.5, 0.6) is 0 Å². The molecule has 4 aromatic rings. The third kappa shape index (κ3) is 4.43. The van der Waals surface area contributed by atoms with Gasteiger partial charge >= 0.3 is 5.76 Å². The minimum absolute atomic E-state index is 0.212. The highest BCUT2D eigenvalue weighted by molar-refractivity contribution is 5.86. The van der Waals surface area contributed by atoms with Gasteiger partial charge < -0.3 is 9.88 Å². The molecule has 0 unspecified atom stereocenters. The Hall–Kier alpha value is -3.56. The molecule has 0 aromatic carbocycles. The molecule has 0 radical (unpaired) electrons. The molecule has 3 saturated carbocycles. The Kier molecular flexibility index (Phi) is 6.01. The maximum atomic E-state index is 11.7. The average molecular weight is 529 g/mol. The van der Waals surface area contributed by atoms with E-state index in [1.807, 2.05) is 12.3 Å². The number of imidazole rings is 1. The van der Waals surface area contributed by atoms with E-state index in [1.54, 1.807) is 0 Å². The maximum absolute atomic E-state index is 11.7. The summed E-state index contributed by atoms with van der Waals surface area (Å²) in [6, 6.07) is 6.40. The fraction of sp³-hybridized carbons (Fsp3) is 0.586. The van der Waals surface area contributed by atoms with Crippen LogP contribution in [-0.2, 0) is 12.0 Å². The maximum Gasteiger partial charge on any atom is 0.439 e. The largest absolute Gasteiger partial charge is 0.439 e. The van der Waals surface area contributed by atoms with Gasteiger partial charge in [0.2, 0.25) is 11.6 Å². The molecule has 2 N–H and O–H groups in total. The highest BCUT2D eigenvalue weighted by Gasteiger charge is 2.51. The first-order valence-electron chi connectivity index (χ1n) is 14.5. The minimum atomic E-state index is -0.629. The molecule has 39 heavy (non-hydrogen) atoms. The number of aromatic nitrogens is 7. The van der Waals surface area contributed by atoms with Crippen LogP contribution in [0.4, 0.5) is 5.82 Å². The molecule has 4 aromatic heterocycles. The van der Waals surface area contributed by atoms with Gasteiger partial charge in [0.1, 0.15) is 11.3 Å². The number of nitrogens with one attached hydrogen (secondary N) is 2. The Morgan fingerprint density at radius 3 is 2.59 bits per heavy atom. The first-order chi connectivity index (χ1) is 19.0. The molecule has 7 rings (SSSR count). The minimum Gasteiger partial charge on any atom is -0.365 e. The summed E-state index contributed by atoms with van der Waals surface area (Å²) in [7, 11) is 0. The van der Waals surface area contributed by atoms with Crippen molar-refractivity contribution in [3.63, 3.8) is 0 Å². The third-order valence-corrected chi connectivity index (χ3v) is 9.39. The van der Waals surface area contributed by atoms with Crippen LogP contribution in [0.2, 0.25) is 0 Å². The van der Waals surface area contributed by atoms with E-state index in [2.05, 4.69) is 46.0 Å². The van der Waals surface area contributed by atoms with Gasteiger partial charge in [-0.25, -0.2) is 19.7 Å². The summed E-state index contributed by atoms with van der Waals surface area (Å²) in [5.41, 5.74) is 2.40. The molecule has 0 aliphatic heterocycles. The van der Waals surface area contributed by atoms with Crippen molar-refractivity contribution in [2.75, 3.05) is 5.32 Å². The van der Waals surface area contributed by atoms with Gasteiger partial charge in [0.15, 0.2) is 11.5 Å². The Morgan fingerprint density at radius 1 is 1.13 bits per heavy atom. The van der Waals surface area contributed by atoms with E-state index in [-0.39, 0.29) is 17.3 Å². The predicted octanol–water partition coefficient (Wildman–Crippen LogP) is 5.07. The normalized spacial score (nSPS) is 23.4. The first kappa shape index (κ1) is 24.5. The quantitative estimate of drug-likeness (QED) is 0.324. The van der Waals surface area contributed by atoms with E-state index < -0.39 is 5.76 Å². The second-order valence-electron chi connectivity index (χ2n) is 12.1. The zero-order valence-electron chi connectivity index (χ0n) is 22.7. The number of aromatic amines is 1. The molecule has 10 heteroatoms. The van der Waals surface area contributed by atoms with Gasteiger partial charge in [-0.1, -0.05) is 37.4 Å². The van der Waals surface area contributed by atoms with Gasteiger partial charge in [0.05, 0.1) is 11.1 Å². The lowest BCUT2D eigenvalue weighted by Crippen LogP contribution is -2.31. The molecule has 0 spiro atoms. The zero-order valence-corrected chi connectivity index (χ0v) is 22.7. The van der Waals surface area contributed by atoms with Gasteiger partial charge in [-0.3, -0.25) is 14.5 Å². The molecule has 4 heterocycles. The van der Waals surface area contributed by atoms with E-state index in [0.717, 1.165) is 48.2 Å². The van der Waals surface area contributed by atoms with Gasteiger partial charge in [-0.2, -0.15) is 0 Å². The van der Waals surface area contributed by atoms with Gasteiger partial charge in [-0.05, 0) is 75.3 Å². The van der Waals surface area contributed by atoms with Gasteiger partial charge in [0, 0.05) is 18.8 Å². The number of fused-ring (bicyclic) bond motifs is 1. The highest BCUT2D eigenvalue weighted by Crippen LogP contribution is 2.53. The van der Waals surface area contributed by atoms with Crippen molar-refractivity contribution in [2.45, 2.75) is 89.6 Å². The smallest absolute Gasteiger partial charge is 0.365 e. The van der Waals surface area contributed by atoms with Gasteiger partial charge in [-0.15, -0.1) is 0 Å². The van der Waals surface area contributed by atoms with E-state index in [4.69, 9.17) is 24.5 Å². The molecule has 204 valence electrons. The van der Waals surface area contributed by atoms with Crippen LogP contribution in [0.25, 0.3) is 22.8 Å². The summed E-state index contributed by atoms with van der Waals surface area (Å²) in [5.74, 6) is 3.65. The number of rotatable bonds is 8. The van der Waals surface area contributed by atoms with Crippen molar-refractivity contribution in [2.24, 2.45) is 17.8 Å². The number of pyridine rings is 1. The molecular weight excluding hydrogens is 492 g/mol. The monoisotopic (exact) mass is 528 g/mol. The Bertz CT molecular complexity index is 1520. The van der Waals surface area contributed by atoms with Crippen molar-refractivity contribution in [3.05, 3.63) is 46.5 Å². The van der Waals surface area contributed by atoms with Crippen LogP contribution in [0.1, 0.15) is 83.2 Å². The second-order valence-corrected chi connectivity index (χ2v) is 12.1. The third-order valence-electron chi connectivity index (χ3n) is 9.39. The summed E-state index contributed by atoms with van der Waals surface area (Å²) in [6.07, 6.45) is 12.6. The van der Waals surface area contributed by atoms with Crippen LogP contribution >= 0.6 is 0 Å². The number of nitrogens with zero attached hydrogens (tertiary/aromatic N) is 6. The summed E-state index contributed by atoms with van der Waals surface area (Å²) in [6.45, 7) is 5.49. The summed E-state index contributed by atoms with van der Waals surface area (Å²) in [5, 5.41) is 7.61. The Labute approximate surface area is 227 Å². The van der Waals surface area contributed by atoms with Crippen LogP contribution < -0.4 is 11.1 Å². The van der Waals surface area contributed by atoms with Crippen LogP contribution in [0.3, 0.4) is 0 Å².